The van der Waals surface area contributed by atoms with Crippen molar-refractivity contribution in [3.63, 3.8) is 0 Å². The van der Waals surface area contributed by atoms with Crippen molar-refractivity contribution in [2.24, 2.45) is 0 Å². The number of halogens is 2. The molecule has 0 unspecified atom stereocenters. The molecule has 2 aromatic rings. The molecule has 2 heteroatoms. The molecule has 82 valence electrons. The second kappa shape index (κ2) is 4.90. The lowest BCUT2D eigenvalue weighted by molar-refractivity contribution is 1.14. The molecule has 0 bridgehead atoms. The van der Waals surface area contributed by atoms with Crippen LogP contribution in [0, 0.1) is 0 Å². The molecule has 0 atom stereocenters. The molecule has 0 heterocycles. The maximum Gasteiger partial charge on any atom is 0.0499 e. The second-order valence-corrected chi connectivity index (χ2v) is 4.52. The molecule has 0 N–H and O–H groups in total. The third-order valence-electron chi connectivity index (χ3n) is 2.60. The van der Waals surface area contributed by atoms with Crippen LogP contribution in [0.25, 0.3) is 11.1 Å². The highest BCUT2D eigenvalue weighted by Crippen LogP contribution is 2.30. The Morgan fingerprint density at radius 2 is 1.62 bits per heavy atom. The van der Waals surface area contributed by atoms with Crippen LogP contribution in [0.3, 0.4) is 0 Å². The first kappa shape index (κ1) is 11.5. The van der Waals surface area contributed by atoms with Crippen molar-refractivity contribution in [2.75, 3.05) is 0 Å². The molecule has 0 saturated carbocycles. The predicted octanol–water partition coefficient (Wildman–Crippen LogP) is 5.22. The molecule has 0 aliphatic heterocycles. The van der Waals surface area contributed by atoms with Gasteiger partial charge in [0.1, 0.15) is 0 Å². The fourth-order valence-corrected chi connectivity index (χ4v) is 2.16. The first-order valence-electron chi connectivity index (χ1n) is 5.25. The molecule has 2 rings (SSSR count). The van der Waals surface area contributed by atoms with Crippen molar-refractivity contribution >= 4 is 23.2 Å². The van der Waals surface area contributed by atoms with Gasteiger partial charge in [-0.2, -0.15) is 0 Å². The quantitative estimate of drug-likeness (QED) is 0.686. The summed E-state index contributed by atoms with van der Waals surface area (Å²) >= 11 is 12.0. The molecule has 0 nitrogen and oxygen atoms in total. The van der Waals surface area contributed by atoms with Gasteiger partial charge in [-0.1, -0.05) is 60.5 Å². The smallest absolute Gasteiger partial charge is 0.0499 e. The molecule has 0 aromatic heterocycles. The summed E-state index contributed by atoms with van der Waals surface area (Å²) in [6.45, 7) is 2.14. The second-order valence-electron chi connectivity index (χ2n) is 3.67. The topological polar surface area (TPSA) is 0 Å². The highest BCUT2D eigenvalue weighted by Gasteiger charge is 2.03. The van der Waals surface area contributed by atoms with Crippen LogP contribution >= 0.6 is 23.2 Å². The lowest BCUT2D eigenvalue weighted by Gasteiger charge is -2.05. The molecule has 0 radical (unpaired) electrons. The van der Waals surface area contributed by atoms with Gasteiger partial charge in [0.2, 0.25) is 0 Å². The first-order chi connectivity index (χ1) is 7.70. The third kappa shape index (κ3) is 2.40. The van der Waals surface area contributed by atoms with E-state index in [2.05, 4.69) is 31.2 Å². The van der Waals surface area contributed by atoms with Crippen molar-refractivity contribution in [1.29, 1.82) is 0 Å². The summed E-state index contributed by atoms with van der Waals surface area (Å²) < 4.78 is 0. The molecular formula is C14H12Cl2. The minimum atomic E-state index is 0.666. The Morgan fingerprint density at radius 1 is 0.938 bits per heavy atom. The maximum absolute atomic E-state index is 6.15. The average Bonchev–Trinajstić information content (AvgIpc) is 2.29. The Morgan fingerprint density at radius 3 is 2.19 bits per heavy atom. The monoisotopic (exact) mass is 250 g/mol. The van der Waals surface area contributed by atoms with E-state index in [1.807, 2.05) is 12.1 Å². The van der Waals surface area contributed by atoms with Gasteiger partial charge in [0.05, 0.1) is 0 Å². The summed E-state index contributed by atoms with van der Waals surface area (Å²) in [5.74, 6) is 0. The molecular weight excluding hydrogens is 239 g/mol. The van der Waals surface area contributed by atoms with Crippen molar-refractivity contribution in [3.05, 3.63) is 58.1 Å². The summed E-state index contributed by atoms with van der Waals surface area (Å²) in [5, 5.41) is 1.36. The molecule has 0 aliphatic carbocycles. The molecule has 0 saturated heterocycles. The van der Waals surface area contributed by atoms with Gasteiger partial charge in [-0.3, -0.25) is 0 Å². The zero-order chi connectivity index (χ0) is 11.5. The zero-order valence-electron chi connectivity index (χ0n) is 9.00. The number of hydrogen-bond donors (Lipinski definition) is 0. The minimum Gasteiger partial charge on any atom is -0.0843 e. The van der Waals surface area contributed by atoms with Crippen molar-refractivity contribution < 1.29 is 0 Å². The Bertz CT molecular complexity index is 487. The molecule has 16 heavy (non-hydrogen) atoms. The van der Waals surface area contributed by atoms with E-state index in [1.54, 1.807) is 6.07 Å². The molecule has 2 aromatic carbocycles. The first-order valence-corrected chi connectivity index (χ1v) is 6.00. The fourth-order valence-electron chi connectivity index (χ4n) is 1.64. The number of benzene rings is 2. The summed E-state index contributed by atoms with van der Waals surface area (Å²) in [7, 11) is 0. The van der Waals surface area contributed by atoms with E-state index >= 15 is 0 Å². The summed E-state index contributed by atoms with van der Waals surface area (Å²) in [6.07, 6.45) is 1.05. The lowest BCUT2D eigenvalue weighted by Crippen LogP contribution is -1.82. The van der Waals surface area contributed by atoms with E-state index in [4.69, 9.17) is 23.2 Å². The SMILES string of the molecule is CCc1ccc(-c2ccc(Cl)cc2Cl)cc1. The van der Waals surface area contributed by atoms with E-state index in [9.17, 15) is 0 Å². The van der Waals surface area contributed by atoms with Gasteiger partial charge in [-0.15, -0.1) is 0 Å². The lowest BCUT2D eigenvalue weighted by atomic mass is 10.0. The van der Waals surface area contributed by atoms with E-state index in [0.29, 0.717) is 10.0 Å². The van der Waals surface area contributed by atoms with Gasteiger partial charge in [-0.05, 0) is 29.7 Å². The average molecular weight is 251 g/mol. The summed E-state index contributed by atoms with van der Waals surface area (Å²) in [6, 6.07) is 14.0. The van der Waals surface area contributed by atoms with Crippen LogP contribution in [0.4, 0.5) is 0 Å². The molecule has 0 spiro atoms. The highest BCUT2D eigenvalue weighted by atomic mass is 35.5. The van der Waals surface area contributed by atoms with Crippen molar-refractivity contribution in [2.45, 2.75) is 13.3 Å². The Kier molecular flexibility index (Phi) is 3.52. The summed E-state index contributed by atoms with van der Waals surface area (Å²) in [5.41, 5.74) is 3.47. The van der Waals surface area contributed by atoms with Crippen LogP contribution in [0.5, 0.6) is 0 Å². The van der Waals surface area contributed by atoms with Crippen molar-refractivity contribution in [1.82, 2.24) is 0 Å². The van der Waals surface area contributed by atoms with Gasteiger partial charge in [0.15, 0.2) is 0 Å². The zero-order valence-corrected chi connectivity index (χ0v) is 10.5. The van der Waals surface area contributed by atoms with Gasteiger partial charge >= 0.3 is 0 Å². The van der Waals surface area contributed by atoms with Crippen LogP contribution in [0.1, 0.15) is 12.5 Å². The van der Waals surface area contributed by atoms with Crippen molar-refractivity contribution in [3.8, 4) is 11.1 Å². The van der Waals surface area contributed by atoms with Gasteiger partial charge < -0.3 is 0 Å². The Hall–Kier alpha value is -0.980. The number of hydrogen-bond acceptors (Lipinski definition) is 0. The summed E-state index contributed by atoms with van der Waals surface area (Å²) in [4.78, 5) is 0. The Balaban J connectivity index is 2.42. The van der Waals surface area contributed by atoms with E-state index in [1.165, 1.54) is 5.56 Å². The normalized spacial score (nSPS) is 10.4. The van der Waals surface area contributed by atoms with Gasteiger partial charge in [-0.25, -0.2) is 0 Å². The molecule has 0 fully saturated rings. The van der Waals surface area contributed by atoms with Crippen LogP contribution in [-0.4, -0.2) is 0 Å². The predicted molar refractivity (Wildman–Crippen MR) is 71.3 cm³/mol. The van der Waals surface area contributed by atoms with Crippen LogP contribution < -0.4 is 0 Å². The largest absolute Gasteiger partial charge is 0.0843 e. The van der Waals surface area contributed by atoms with Crippen LogP contribution in [0.15, 0.2) is 42.5 Å². The maximum atomic E-state index is 6.15. The number of rotatable bonds is 2. The standard InChI is InChI=1S/C14H12Cl2/c1-2-10-3-5-11(6-4-10)13-8-7-12(15)9-14(13)16/h3-9H,2H2,1H3. The fraction of sp³-hybridized carbons (Fsp3) is 0.143. The number of aryl methyl sites for hydroxylation is 1. The Labute approximate surface area is 106 Å². The van der Waals surface area contributed by atoms with E-state index in [-0.39, 0.29) is 0 Å². The minimum absolute atomic E-state index is 0.666. The van der Waals surface area contributed by atoms with Crippen LogP contribution in [0.2, 0.25) is 10.0 Å². The highest BCUT2D eigenvalue weighted by molar-refractivity contribution is 6.36. The van der Waals surface area contributed by atoms with Crippen LogP contribution in [-0.2, 0) is 6.42 Å². The van der Waals surface area contributed by atoms with E-state index in [0.717, 1.165) is 17.5 Å². The molecule has 0 aliphatic rings. The van der Waals surface area contributed by atoms with Gasteiger partial charge in [0.25, 0.3) is 0 Å². The molecule has 0 amide bonds. The van der Waals surface area contributed by atoms with Gasteiger partial charge in [0, 0.05) is 15.6 Å². The van der Waals surface area contributed by atoms with E-state index < -0.39 is 0 Å². The third-order valence-corrected chi connectivity index (χ3v) is 3.15.